The molecule has 1 N–H and O–H groups in total. The molecule has 0 bridgehead atoms. The summed E-state index contributed by atoms with van der Waals surface area (Å²) in [6, 6.07) is 25.9. The fourth-order valence-corrected chi connectivity index (χ4v) is 6.19. The van der Waals surface area contributed by atoms with Crippen LogP contribution in [0.2, 0.25) is 0 Å². The van der Waals surface area contributed by atoms with E-state index < -0.39 is 53.2 Å². The normalized spacial score (nSPS) is 14.0. The predicted molar refractivity (Wildman–Crippen MR) is 192 cm³/mol. The Hall–Kier alpha value is -5.10. The van der Waals surface area contributed by atoms with Crippen LogP contribution >= 0.6 is 0 Å². The van der Waals surface area contributed by atoms with Gasteiger partial charge in [-0.1, -0.05) is 60.7 Å². The number of aliphatic hydroxyl groups is 1. The third kappa shape index (κ3) is 9.47. The van der Waals surface area contributed by atoms with Crippen LogP contribution in [0.25, 0.3) is 27.9 Å². The van der Waals surface area contributed by atoms with Gasteiger partial charge < -0.3 is 38.5 Å². The number of aliphatic carboxylic acids is 1. The van der Waals surface area contributed by atoms with Crippen molar-refractivity contribution in [2.45, 2.75) is 64.6 Å². The average Bonchev–Trinajstić information content (AvgIpc) is 3.76. The minimum atomic E-state index is -1.66. The molecule has 0 fully saturated rings. The van der Waals surface area contributed by atoms with Crippen LogP contribution in [-0.4, -0.2) is 51.3 Å². The van der Waals surface area contributed by atoms with Crippen molar-refractivity contribution in [3.8, 4) is 11.5 Å². The number of hydrogen-bond acceptors (Lipinski definition) is 10. The van der Waals surface area contributed by atoms with Gasteiger partial charge in [-0.15, -0.1) is 0 Å². The number of carbonyl (C=O) groups is 3. The van der Waals surface area contributed by atoms with Crippen molar-refractivity contribution >= 4 is 45.8 Å². The van der Waals surface area contributed by atoms with Crippen LogP contribution in [0.5, 0.6) is 11.5 Å². The van der Waals surface area contributed by atoms with Gasteiger partial charge in [0.1, 0.15) is 11.1 Å². The maximum absolute atomic E-state index is 14.5. The first-order valence-corrected chi connectivity index (χ1v) is 16.9. The van der Waals surface area contributed by atoms with Crippen molar-refractivity contribution in [3.63, 3.8) is 0 Å². The summed E-state index contributed by atoms with van der Waals surface area (Å²) in [4.78, 5) is 45.4. The smallest absolute Gasteiger partial charge is 0.550 e. The Labute approximate surface area is 329 Å². The molecule has 1 amide bonds. The van der Waals surface area contributed by atoms with Gasteiger partial charge in [0.05, 0.1) is 5.57 Å². The monoisotopic (exact) mass is 726 g/mol. The number of para-hydroxylation sites is 2. The maximum atomic E-state index is 14.5. The van der Waals surface area contributed by atoms with Crippen molar-refractivity contribution in [2.75, 3.05) is 6.79 Å². The van der Waals surface area contributed by atoms with E-state index in [1.807, 2.05) is 91.9 Å². The van der Waals surface area contributed by atoms with Crippen LogP contribution in [0.4, 0.5) is 0 Å². The second-order valence-corrected chi connectivity index (χ2v) is 13.6. The number of aliphatic hydroxyl groups excluding tert-OH is 1. The van der Waals surface area contributed by atoms with E-state index in [1.165, 1.54) is 4.90 Å². The van der Waals surface area contributed by atoms with Gasteiger partial charge in [0, 0.05) is 30.9 Å². The topological polar surface area (TPSA) is 151 Å². The second kappa shape index (κ2) is 16.7. The number of carbonyl (C=O) groups excluding carboxylic acids is 3. The number of fused-ring (bicyclic) bond motifs is 3. The molecule has 1 aliphatic rings. The number of oxazole rings is 1. The molecular weight excluding hydrogens is 687 g/mol. The molecule has 53 heavy (non-hydrogen) atoms. The number of ether oxygens (including phenoxy) is 3. The van der Waals surface area contributed by atoms with E-state index in [2.05, 4.69) is 4.98 Å². The number of carboxylic acid groups (broad SMARTS) is 1. The molecule has 0 aliphatic carbocycles. The second-order valence-electron chi connectivity index (χ2n) is 13.6. The molecule has 0 spiro atoms. The van der Waals surface area contributed by atoms with E-state index in [-0.39, 0.29) is 42.9 Å². The average molecular weight is 727 g/mol. The summed E-state index contributed by atoms with van der Waals surface area (Å²) in [7, 11) is 0. The van der Waals surface area contributed by atoms with Crippen molar-refractivity contribution < 1.29 is 72.8 Å². The summed E-state index contributed by atoms with van der Waals surface area (Å²) in [5, 5.41) is 25.2. The number of aromatic nitrogens is 1. The van der Waals surface area contributed by atoms with Gasteiger partial charge in [0.2, 0.25) is 12.7 Å². The van der Waals surface area contributed by atoms with Crippen LogP contribution in [0, 0.1) is 0 Å². The zero-order valence-corrected chi connectivity index (χ0v) is 32.3. The molecule has 1 aromatic heterocycles. The molecule has 6 rings (SSSR count). The van der Waals surface area contributed by atoms with E-state index >= 15 is 0 Å². The molecule has 0 radical (unpaired) electrons. The number of allylic oxidation sites excluding steroid dienone is 1. The van der Waals surface area contributed by atoms with Crippen LogP contribution in [-0.2, 0) is 25.7 Å². The van der Waals surface area contributed by atoms with Crippen LogP contribution in [0.15, 0.2) is 107 Å². The van der Waals surface area contributed by atoms with Crippen LogP contribution in [0.3, 0.4) is 0 Å². The number of hydrogen-bond donors (Lipinski definition) is 1. The number of esters is 1. The quantitative estimate of drug-likeness (QED) is 0.0874. The Morgan fingerprint density at radius 1 is 0.962 bits per heavy atom. The predicted octanol–water partition coefficient (Wildman–Crippen LogP) is 3.61. The Kier molecular flexibility index (Phi) is 12.3. The molecule has 268 valence electrons. The van der Waals surface area contributed by atoms with Gasteiger partial charge in [0.15, 0.2) is 22.8 Å². The first kappa shape index (κ1) is 39.1. The Bertz CT molecular complexity index is 2170. The molecule has 0 saturated heterocycles. The Balaban J connectivity index is 0.00000541. The van der Waals surface area contributed by atoms with Crippen LogP contribution in [0.1, 0.15) is 63.5 Å². The summed E-state index contributed by atoms with van der Waals surface area (Å²) in [5.41, 5.74) is 1.19. The van der Waals surface area contributed by atoms with Gasteiger partial charge in [-0.2, -0.15) is 0 Å². The molecule has 12 heteroatoms. The summed E-state index contributed by atoms with van der Waals surface area (Å²) >= 11 is 0. The van der Waals surface area contributed by atoms with Gasteiger partial charge >= 0.3 is 35.5 Å². The largest absolute Gasteiger partial charge is 1.00 e. The fraction of sp³-hybridized carbons (Fsp3) is 0.268. The van der Waals surface area contributed by atoms with E-state index in [1.54, 1.807) is 32.9 Å². The van der Waals surface area contributed by atoms with Gasteiger partial charge in [-0.3, -0.25) is 4.79 Å². The molecule has 2 atom stereocenters. The maximum Gasteiger partial charge on any atom is 1.00 e. The van der Waals surface area contributed by atoms with Crippen molar-refractivity contribution in [3.05, 3.63) is 119 Å². The number of nitrogens with zero attached hydrogens (tertiary/aromatic N) is 2. The first-order chi connectivity index (χ1) is 24.9. The van der Waals surface area contributed by atoms with Gasteiger partial charge in [-0.05, 0) is 92.4 Å². The van der Waals surface area contributed by atoms with Gasteiger partial charge in [0.25, 0.3) is 5.91 Å². The molecule has 0 saturated carbocycles. The third-order valence-electron chi connectivity index (χ3n) is 8.74. The first-order valence-electron chi connectivity index (χ1n) is 16.9. The minimum Gasteiger partial charge on any atom is -0.550 e. The number of rotatable bonds is 12. The van der Waals surface area contributed by atoms with Crippen LogP contribution < -0.4 is 44.1 Å². The Morgan fingerprint density at radius 3 is 2.42 bits per heavy atom. The van der Waals surface area contributed by atoms with E-state index in [0.717, 1.165) is 27.4 Å². The SMILES string of the molecule is CC([C@H](C/C=C/c1nc2ccccc2o1)c1ccc2c(c1)OCO2)N(Cc1ccc2ccccc2c1)C(=O)/C(O)=C(/CC(=O)[O-])C(=O)OC(C)(C)C.[Na+]. The number of carboxylic acids is 1. The number of benzene rings is 4. The van der Waals surface area contributed by atoms with E-state index in [0.29, 0.717) is 29.4 Å². The zero-order chi connectivity index (χ0) is 37.0. The van der Waals surface area contributed by atoms with E-state index in [4.69, 9.17) is 18.6 Å². The van der Waals surface area contributed by atoms with Crippen molar-refractivity contribution in [1.82, 2.24) is 9.88 Å². The molecule has 2 heterocycles. The fourth-order valence-electron chi connectivity index (χ4n) is 6.19. The summed E-state index contributed by atoms with van der Waals surface area (Å²) < 4.78 is 22.5. The zero-order valence-electron chi connectivity index (χ0n) is 30.3. The third-order valence-corrected chi connectivity index (χ3v) is 8.74. The minimum absolute atomic E-state index is 0. The van der Waals surface area contributed by atoms with Crippen molar-refractivity contribution in [2.24, 2.45) is 0 Å². The summed E-state index contributed by atoms with van der Waals surface area (Å²) in [6.07, 6.45) is 3.01. The van der Waals surface area contributed by atoms with E-state index in [9.17, 15) is 24.6 Å². The standard InChI is InChI=1S/C41H40N2O9.Na/c1-25(30(29-18-19-34-35(21-29)50-24-49-34)12-9-15-36-42-32-13-7-8-14-33(32)51-36)43(23-26-16-17-27-10-5-6-11-28(27)20-26)39(47)38(46)31(22-37(44)45)40(48)52-41(2,3)4;/h5-11,13-21,25,30,46H,12,22-24H2,1-4H3,(H,44,45);/q;+1/p-1/b15-9+,38-31+;/t25?,30-;/m0./s1. The number of amides is 1. The molecule has 1 aliphatic heterocycles. The van der Waals surface area contributed by atoms with Crippen molar-refractivity contribution in [1.29, 1.82) is 0 Å². The molecule has 5 aromatic rings. The summed E-state index contributed by atoms with van der Waals surface area (Å²) in [5.74, 6) is -3.63. The Morgan fingerprint density at radius 2 is 1.68 bits per heavy atom. The van der Waals surface area contributed by atoms with Gasteiger partial charge in [-0.25, -0.2) is 9.78 Å². The summed E-state index contributed by atoms with van der Waals surface area (Å²) in [6.45, 7) is 6.71. The molecule has 11 nitrogen and oxygen atoms in total. The molecular formula is C41H39N2NaO9. The molecule has 4 aromatic carbocycles. The molecule has 1 unspecified atom stereocenters.